The standard InChI is InChI=1S/C33H34N2O4/c1-33(2,3)32(37)35-19-18-24-14-15-26(20-28(24)30(35)25-12-8-5-9-13-25)38-22-27-16-17-29(39-27)31(36)34-21-23-10-6-4-7-11-23/h4-17,20,30H,18-19,21-22H2,1-3H3,(H,34,36). The van der Waals surface area contributed by atoms with E-state index in [0.717, 1.165) is 23.1 Å². The monoisotopic (exact) mass is 522 g/mol. The number of carbonyl (C=O) groups excluding carboxylic acids is 2. The predicted octanol–water partition coefficient (Wildman–Crippen LogP) is 6.31. The van der Waals surface area contributed by atoms with E-state index in [1.165, 1.54) is 5.56 Å². The maximum atomic E-state index is 13.4. The second-order valence-corrected chi connectivity index (χ2v) is 10.9. The van der Waals surface area contributed by atoms with E-state index < -0.39 is 5.41 Å². The minimum absolute atomic E-state index is 0.127. The van der Waals surface area contributed by atoms with Crippen LogP contribution in [0.3, 0.4) is 0 Å². The van der Waals surface area contributed by atoms with Crippen molar-refractivity contribution in [3.63, 3.8) is 0 Å². The van der Waals surface area contributed by atoms with Crippen LogP contribution in [0, 0.1) is 5.41 Å². The lowest BCUT2D eigenvalue weighted by atomic mass is 9.85. The first-order chi connectivity index (χ1) is 18.8. The van der Waals surface area contributed by atoms with Gasteiger partial charge in [-0.1, -0.05) is 87.5 Å². The molecule has 0 spiro atoms. The number of rotatable bonds is 7. The molecule has 5 rings (SSSR count). The average molecular weight is 523 g/mol. The third-order valence-electron chi connectivity index (χ3n) is 6.93. The van der Waals surface area contributed by atoms with E-state index in [1.54, 1.807) is 12.1 Å². The molecule has 0 fully saturated rings. The van der Waals surface area contributed by atoms with Crippen molar-refractivity contribution in [2.24, 2.45) is 5.41 Å². The lowest BCUT2D eigenvalue weighted by Crippen LogP contribution is -2.45. The molecule has 2 amide bonds. The molecule has 1 aromatic heterocycles. The fourth-order valence-electron chi connectivity index (χ4n) is 4.92. The Labute approximate surface area is 229 Å². The molecule has 0 saturated heterocycles. The fraction of sp³-hybridized carbons (Fsp3) is 0.273. The first-order valence-electron chi connectivity index (χ1n) is 13.3. The molecule has 2 heterocycles. The van der Waals surface area contributed by atoms with Crippen molar-refractivity contribution in [1.29, 1.82) is 0 Å². The van der Waals surface area contributed by atoms with Gasteiger partial charge in [-0.15, -0.1) is 0 Å². The fourth-order valence-corrected chi connectivity index (χ4v) is 4.92. The zero-order valence-electron chi connectivity index (χ0n) is 22.6. The molecule has 0 radical (unpaired) electrons. The molecule has 0 saturated carbocycles. The summed E-state index contributed by atoms with van der Waals surface area (Å²) in [4.78, 5) is 28.0. The summed E-state index contributed by atoms with van der Waals surface area (Å²) < 4.78 is 11.9. The van der Waals surface area contributed by atoms with E-state index in [-0.39, 0.29) is 30.2 Å². The molecule has 1 N–H and O–H groups in total. The van der Waals surface area contributed by atoms with Gasteiger partial charge in [-0.3, -0.25) is 9.59 Å². The van der Waals surface area contributed by atoms with E-state index in [1.807, 2.05) is 86.3 Å². The van der Waals surface area contributed by atoms with Crippen LogP contribution in [-0.2, 0) is 24.4 Å². The number of nitrogens with zero attached hydrogens (tertiary/aromatic N) is 1. The van der Waals surface area contributed by atoms with Gasteiger partial charge in [-0.25, -0.2) is 0 Å². The third kappa shape index (κ3) is 6.06. The number of benzene rings is 3. The van der Waals surface area contributed by atoms with E-state index >= 15 is 0 Å². The van der Waals surface area contributed by atoms with E-state index in [0.29, 0.717) is 24.6 Å². The lowest BCUT2D eigenvalue weighted by Gasteiger charge is -2.41. The summed E-state index contributed by atoms with van der Waals surface area (Å²) in [5.41, 5.74) is 3.89. The Balaban J connectivity index is 1.31. The van der Waals surface area contributed by atoms with Crippen LogP contribution >= 0.6 is 0 Å². The first kappa shape index (κ1) is 26.3. The SMILES string of the molecule is CC(C)(C)C(=O)N1CCc2ccc(OCc3ccc(C(=O)NCc4ccccc4)o3)cc2C1c1ccccc1. The summed E-state index contributed by atoms with van der Waals surface area (Å²) in [7, 11) is 0. The zero-order valence-corrected chi connectivity index (χ0v) is 22.6. The van der Waals surface area contributed by atoms with Crippen molar-refractivity contribution in [3.05, 3.63) is 125 Å². The Bertz CT molecular complexity index is 1440. The average Bonchev–Trinajstić information content (AvgIpc) is 3.43. The Morgan fingerprint density at radius 3 is 2.38 bits per heavy atom. The summed E-state index contributed by atoms with van der Waals surface area (Å²) >= 11 is 0. The van der Waals surface area contributed by atoms with Crippen molar-refractivity contribution >= 4 is 11.8 Å². The van der Waals surface area contributed by atoms with Crippen LogP contribution in [0.5, 0.6) is 5.75 Å². The molecule has 6 heteroatoms. The van der Waals surface area contributed by atoms with E-state index in [2.05, 4.69) is 23.5 Å². The molecule has 0 bridgehead atoms. The highest BCUT2D eigenvalue weighted by Crippen LogP contribution is 2.39. The van der Waals surface area contributed by atoms with Gasteiger partial charge in [0.25, 0.3) is 5.91 Å². The highest BCUT2D eigenvalue weighted by atomic mass is 16.5. The minimum Gasteiger partial charge on any atom is -0.486 e. The van der Waals surface area contributed by atoms with Gasteiger partial charge in [0, 0.05) is 18.5 Å². The summed E-state index contributed by atoms with van der Waals surface area (Å²) in [5.74, 6) is 1.35. The van der Waals surface area contributed by atoms with Crippen molar-refractivity contribution in [3.8, 4) is 5.75 Å². The maximum absolute atomic E-state index is 13.4. The van der Waals surface area contributed by atoms with Gasteiger partial charge < -0.3 is 19.4 Å². The van der Waals surface area contributed by atoms with E-state index in [9.17, 15) is 9.59 Å². The Morgan fingerprint density at radius 2 is 1.67 bits per heavy atom. The van der Waals surface area contributed by atoms with Gasteiger partial charge in [0.1, 0.15) is 18.1 Å². The van der Waals surface area contributed by atoms with Gasteiger partial charge in [0.05, 0.1) is 6.04 Å². The van der Waals surface area contributed by atoms with Gasteiger partial charge in [-0.05, 0) is 52.9 Å². The van der Waals surface area contributed by atoms with Crippen molar-refractivity contribution in [1.82, 2.24) is 10.2 Å². The highest BCUT2D eigenvalue weighted by molar-refractivity contribution is 5.91. The van der Waals surface area contributed by atoms with Crippen LogP contribution in [0.4, 0.5) is 0 Å². The predicted molar refractivity (Wildman–Crippen MR) is 150 cm³/mol. The zero-order chi connectivity index (χ0) is 27.4. The topological polar surface area (TPSA) is 71.8 Å². The van der Waals surface area contributed by atoms with Crippen LogP contribution in [0.15, 0.2) is 95.4 Å². The van der Waals surface area contributed by atoms with Crippen molar-refractivity contribution < 1.29 is 18.7 Å². The molecule has 1 atom stereocenters. The molecular weight excluding hydrogens is 488 g/mol. The number of furan rings is 1. The maximum Gasteiger partial charge on any atom is 0.287 e. The van der Waals surface area contributed by atoms with Crippen LogP contribution in [0.25, 0.3) is 0 Å². The molecule has 6 nitrogen and oxygen atoms in total. The third-order valence-corrected chi connectivity index (χ3v) is 6.93. The van der Waals surface area contributed by atoms with Gasteiger partial charge in [0.15, 0.2) is 5.76 Å². The number of carbonyl (C=O) groups is 2. The largest absolute Gasteiger partial charge is 0.486 e. The molecular formula is C33H34N2O4. The Hall–Kier alpha value is -4.32. The quantitative estimate of drug-likeness (QED) is 0.309. The lowest BCUT2D eigenvalue weighted by molar-refractivity contribution is -0.141. The molecule has 1 aliphatic rings. The molecule has 39 heavy (non-hydrogen) atoms. The second kappa shape index (κ2) is 11.2. The summed E-state index contributed by atoms with van der Waals surface area (Å²) in [6.07, 6.45) is 0.792. The van der Waals surface area contributed by atoms with Gasteiger partial charge in [-0.2, -0.15) is 0 Å². The van der Waals surface area contributed by atoms with Crippen LogP contribution in [-0.4, -0.2) is 23.3 Å². The number of nitrogens with one attached hydrogen (secondary N) is 1. The Kier molecular flexibility index (Phi) is 7.55. The van der Waals surface area contributed by atoms with Crippen LogP contribution < -0.4 is 10.1 Å². The summed E-state index contributed by atoms with van der Waals surface area (Å²) in [6.45, 7) is 7.18. The molecule has 1 unspecified atom stereocenters. The minimum atomic E-state index is -0.483. The number of amides is 2. The molecule has 4 aromatic rings. The number of hydrogen-bond acceptors (Lipinski definition) is 4. The number of ether oxygens (including phenoxy) is 1. The molecule has 200 valence electrons. The van der Waals surface area contributed by atoms with Gasteiger partial charge in [0.2, 0.25) is 5.91 Å². The van der Waals surface area contributed by atoms with Crippen molar-refractivity contribution in [2.75, 3.05) is 6.54 Å². The molecule has 1 aliphatic heterocycles. The first-order valence-corrected chi connectivity index (χ1v) is 13.3. The van der Waals surface area contributed by atoms with E-state index in [4.69, 9.17) is 9.15 Å². The van der Waals surface area contributed by atoms with Crippen LogP contribution in [0.1, 0.15) is 65.4 Å². The molecule has 3 aromatic carbocycles. The Morgan fingerprint density at radius 1 is 0.949 bits per heavy atom. The molecule has 0 aliphatic carbocycles. The summed E-state index contributed by atoms with van der Waals surface area (Å²) in [5, 5.41) is 2.87. The highest BCUT2D eigenvalue weighted by Gasteiger charge is 2.37. The number of hydrogen-bond donors (Lipinski definition) is 1. The van der Waals surface area contributed by atoms with Gasteiger partial charge >= 0.3 is 0 Å². The second-order valence-electron chi connectivity index (χ2n) is 10.9. The van der Waals surface area contributed by atoms with Crippen LogP contribution in [0.2, 0.25) is 0 Å². The summed E-state index contributed by atoms with van der Waals surface area (Å²) in [6, 6.07) is 29.2. The van der Waals surface area contributed by atoms with Crippen molar-refractivity contribution in [2.45, 2.75) is 46.4 Å². The smallest absolute Gasteiger partial charge is 0.287 e. The normalized spacial score (nSPS) is 14.9. The number of fused-ring (bicyclic) bond motifs is 1.